The van der Waals surface area contributed by atoms with Gasteiger partial charge >= 0.3 is 0 Å². The van der Waals surface area contributed by atoms with Gasteiger partial charge in [0.05, 0.1) is 6.54 Å². The number of rotatable bonds is 4. The number of likely N-dealkylation sites (tertiary alicyclic amines) is 1. The number of piperidine rings is 1. The van der Waals surface area contributed by atoms with Gasteiger partial charge in [-0.1, -0.05) is 38.0 Å². The zero-order chi connectivity index (χ0) is 15.4. The molecule has 22 heavy (non-hydrogen) atoms. The fraction of sp³-hybridized carbons (Fsp3) is 0.632. The molecule has 0 aromatic heterocycles. The van der Waals surface area contributed by atoms with Gasteiger partial charge in [-0.2, -0.15) is 0 Å². The van der Waals surface area contributed by atoms with Crippen molar-refractivity contribution >= 4 is 11.6 Å². The first-order valence-corrected chi connectivity index (χ1v) is 8.89. The number of benzene rings is 1. The molecular weight excluding hydrogens is 272 g/mol. The van der Waals surface area contributed by atoms with E-state index in [0.29, 0.717) is 12.6 Å². The maximum atomic E-state index is 12.5. The minimum Gasteiger partial charge on any atom is -0.325 e. The molecule has 1 saturated carbocycles. The lowest BCUT2D eigenvalue weighted by atomic mass is 9.78. The van der Waals surface area contributed by atoms with Crippen molar-refractivity contribution in [2.75, 3.05) is 18.4 Å². The topological polar surface area (TPSA) is 32.3 Å². The van der Waals surface area contributed by atoms with E-state index in [1.807, 2.05) is 18.2 Å². The van der Waals surface area contributed by atoms with Crippen LogP contribution >= 0.6 is 0 Å². The van der Waals surface area contributed by atoms with Crippen LogP contribution in [-0.2, 0) is 11.2 Å². The molecule has 2 unspecified atom stereocenters. The number of fused-ring (bicyclic) bond motifs is 1. The number of nitrogens with one attached hydrogen (secondary N) is 1. The molecule has 2 fully saturated rings. The number of carbonyl (C=O) groups excluding carboxylic acids is 1. The van der Waals surface area contributed by atoms with Crippen LogP contribution in [0.25, 0.3) is 0 Å². The summed E-state index contributed by atoms with van der Waals surface area (Å²) in [5, 5.41) is 3.12. The van der Waals surface area contributed by atoms with Crippen LogP contribution in [-0.4, -0.2) is 29.9 Å². The van der Waals surface area contributed by atoms with E-state index in [1.54, 1.807) is 0 Å². The van der Waals surface area contributed by atoms with Crippen molar-refractivity contribution in [3.63, 3.8) is 0 Å². The summed E-state index contributed by atoms with van der Waals surface area (Å²) in [5.74, 6) is 0.977. The van der Waals surface area contributed by atoms with Crippen molar-refractivity contribution < 1.29 is 4.79 Å². The lowest BCUT2D eigenvalue weighted by molar-refractivity contribution is -0.118. The fourth-order valence-corrected chi connectivity index (χ4v) is 4.25. The molecule has 2 aliphatic rings. The van der Waals surface area contributed by atoms with Crippen LogP contribution in [0.3, 0.4) is 0 Å². The van der Waals surface area contributed by atoms with Gasteiger partial charge in [0.1, 0.15) is 0 Å². The predicted molar refractivity (Wildman–Crippen MR) is 91.0 cm³/mol. The number of hydrogen-bond donors (Lipinski definition) is 1. The first-order chi connectivity index (χ1) is 10.8. The number of amides is 1. The Hall–Kier alpha value is -1.35. The van der Waals surface area contributed by atoms with E-state index in [0.717, 1.165) is 24.6 Å². The molecule has 1 N–H and O–H groups in total. The van der Waals surface area contributed by atoms with Gasteiger partial charge in [0.25, 0.3) is 0 Å². The van der Waals surface area contributed by atoms with Crippen molar-refractivity contribution in [1.82, 2.24) is 4.90 Å². The highest BCUT2D eigenvalue weighted by atomic mass is 16.2. The van der Waals surface area contributed by atoms with Crippen LogP contribution in [0, 0.1) is 5.92 Å². The summed E-state index contributed by atoms with van der Waals surface area (Å²) in [6, 6.07) is 8.78. The molecule has 2 atom stereocenters. The van der Waals surface area contributed by atoms with Gasteiger partial charge in [-0.05, 0) is 56.2 Å². The average molecular weight is 300 g/mol. The van der Waals surface area contributed by atoms with Gasteiger partial charge in [-0.15, -0.1) is 0 Å². The number of nitrogens with zero attached hydrogens (tertiary/aromatic N) is 1. The van der Waals surface area contributed by atoms with Gasteiger partial charge in [-0.25, -0.2) is 0 Å². The van der Waals surface area contributed by atoms with E-state index in [9.17, 15) is 4.79 Å². The molecule has 1 saturated heterocycles. The Bertz CT molecular complexity index is 512. The van der Waals surface area contributed by atoms with Crippen molar-refractivity contribution in [3.8, 4) is 0 Å². The molecule has 1 aliphatic carbocycles. The van der Waals surface area contributed by atoms with Crippen molar-refractivity contribution in [3.05, 3.63) is 29.8 Å². The first-order valence-electron chi connectivity index (χ1n) is 8.89. The summed E-state index contributed by atoms with van der Waals surface area (Å²) in [4.78, 5) is 14.9. The van der Waals surface area contributed by atoms with Crippen molar-refractivity contribution in [2.24, 2.45) is 5.92 Å². The number of hydrogen-bond acceptors (Lipinski definition) is 2. The molecule has 120 valence electrons. The Morgan fingerprint density at radius 3 is 2.82 bits per heavy atom. The highest BCUT2D eigenvalue weighted by molar-refractivity contribution is 5.93. The van der Waals surface area contributed by atoms with Crippen LogP contribution in [0.15, 0.2) is 24.3 Å². The van der Waals surface area contributed by atoms with E-state index in [-0.39, 0.29) is 5.91 Å². The Morgan fingerprint density at radius 2 is 1.95 bits per heavy atom. The van der Waals surface area contributed by atoms with Crippen molar-refractivity contribution in [2.45, 2.75) is 57.9 Å². The second-order valence-corrected chi connectivity index (χ2v) is 6.78. The van der Waals surface area contributed by atoms with E-state index >= 15 is 0 Å². The third kappa shape index (κ3) is 3.52. The predicted octanol–water partition coefficient (Wildman–Crippen LogP) is 3.84. The normalized spacial score (nSPS) is 25.5. The zero-order valence-electron chi connectivity index (χ0n) is 13.7. The highest BCUT2D eigenvalue weighted by Gasteiger charge is 2.33. The van der Waals surface area contributed by atoms with E-state index < -0.39 is 0 Å². The van der Waals surface area contributed by atoms with E-state index in [2.05, 4.69) is 23.2 Å². The van der Waals surface area contributed by atoms with Gasteiger partial charge in [0, 0.05) is 11.7 Å². The minimum absolute atomic E-state index is 0.145. The van der Waals surface area contributed by atoms with Crippen LogP contribution < -0.4 is 5.32 Å². The lowest BCUT2D eigenvalue weighted by Crippen LogP contribution is -2.49. The van der Waals surface area contributed by atoms with Crippen LogP contribution in [0.2, 0.25) is 0 Å². The summed E-state index contributed by atoms with van der Waals surface area (Å²) in [6.07, 6.45) is 8.92. The van der Waals surface area contributed by atoms with Crippen LogP contribution in [0.1, 0.15) is 51.0 Å². The lowest BCUT2D eigenvalue weighted by Gasteiger charge is -2.43. The molecule has 0 spiro atoms. The number of anilines is 1. The third-order valence-corrected chi connectivity index (χ3v) is 5.38. The van der Waals surface area contributed by atoms with Gasteiger partial charge < -0.3 is 5.32 Å². The molecule has 1 aromatic carbocycles. The third-order valence-electron chi connectivity index (χ3n) is 5.38. The first kappa shape index (κ1) is 15.5. The number of aryl methyl sites for hydroxylation is 1. The molecule has 1 amide bonds. The van der Waals surface area contributed by atoms with Crippen LogP contribution in [0.5, 0.6) is 0 Å². The largest absolute Gasteiger partial charge is 0.325 e. The molecule has 3 heteroatoms. The summed E-state index contributed by atoms with van der Waals surface area (Å²) < 4.78 is 0. The van der Waals surface area contributed by atoms with Crippen LogP contribution in [0.4, 0.5) is 5.69 Å². The van der Waals surface area contributed by atoms with E-state index in [1.165, 1.54) is 44.1 Å². The van der Waals surface area contributed by atoms with Gasteiger partial charge in [0.2, 0.25) is 5.91 Å². The van der Waals surface area contributed by atoms with Gasteiger partial charge in [-0.3, -0.25) is 9.69 Å². The second kappa shape index (κ2) is 7.28. The monoisotopic (exact) mass is 300 g/mol. The zero-order valence-corrected chi connectivity index (χ0v) is 13.7. The highest BCUT2D eigenvalue weighted by Crippen LogP contribution is 2.35. The average Bonchev–Trinajstić information content (AvgIpc) is 2.55. The maximum Gasteiger partial charge on any atom is 0.238 e. The second-order valence-electron chi connectivity index (χ2n) is 6.78. The molecule has 1 aliphatic heterocycles. The van der Waals surface area contributed by atoms with Crippen molar-refractivity contribution in [1.29, 1.82) is 0 Å². The maximum absolute atomic E-state index is 12.5. The Kier molecular flexibility index (Phi) is 5.14. The minimum atomic E-state index is 0.145. The van der Waals surface area contributed by atoms with Gasteiger partial charge in [0.15, 0.2) is 0 Å². The number of para-hydroxylation sites is 1. The molecule has 0 radical (unpaired) electrons. The number of carbonyl (C=O) groups is 1. The molecule has 0 bridgehead atoms. The smallest absolute Gasteiger partial charge is 0.238 e. The SMILES string of the molecule is CCc1ccccc1NC(=O)CN1CCCC2CCCCC21. The Labute approximate surface area is 134 Å². The molecular formula is C19H28N2O. The Morgan fingerprint density at radius 1 is 1.18 bits per heavy atom. The quantitative estimate of drug-likeness (QED) is 0.916. The molecule has 1 aromatic rings. The van der Waals surface area contributed by atoms with E-state index in [4.69, 9.17) is 0 Å². The molecule has 1 heterocycles. The molecule has 3 nitrogen and oxygen atoms in total. The summed E-state index contributed by atoms with van der Waals surface area (Å²) in [5.41, 5.74) is 2.19. The Balaban J connectivity index is 1.61. The summed E-state index contributed by atoms with van der Waals surface area (Å²) in [7, 11) is 0. The summed E-state index contributed by atoms with van der Waals surface area (Å²) >= 11 is 0. The standard InChI is InChI=1S/C19H28N2O/c1-2-15-8-3-5-11-17(15)20-19(22)14-21-13-7-10-16-9-4-6-12-18(16)21/h3,5,8,11,16,18H,2,4,6-7,9-10,12-14H2,1H3,(H,20,22). The molecule has 3 rings (SSSR count). The fourth-order valence-electron chi connectivity index (χ4n) is 4.25. The summed E-state index contributed by atoms with van der Waals surface area (Å²) in [6.45, 7) is 3.77.